The molecule has 188 valence electrons. The van der Waals surface area contributed by atoms with Crippen molar-refractivity contribution in [3.63, 3.8) is 0 Å². The van der Waals surface area contributed by atoms with Crippen molar-refractivity contribution in [2.75, 3.05) is 13.2 Å². The number of aliphatic hydroxyl groups is 1. The molecule has 5 rings (SSSR count). The first-order chi connectivity index (χ1) is 15.9. The summed E-state index contributed by atoms with van der Waals surface area (Å²) in [4.78, 5) is 25.7. The van der Waals surface area contributed by atoms with Crippen molar-refractivity contribution in [1.82, 2.24) is 0 Å². The number of aliphatic hydroxyl groups excluding tert-OH is 1. The average molecular weight is 477 g/mol. The quantitative estimate of drug-likeness (QED) is 0.662. The Morgan fingerprint density at radius 2 is 1.97 bits per heavy atom. The lowest BCUT2D eigenvalue weighted by Crippen LogP contribution is -2.72. The Balaban J connectivity index is 1.61. The van der Waals surface area contributed by atoms with Crippen LogP contribution in [0.15, 0.2) is 23.8 Å². The molecule has 0 amide bonds. The summed E-state index contributed by atoms with van der Waals surface area (Å²) in [6.07, 6.45) is 5.56. The molecule has 9 atom stereocenters. The first-order valence-corrected chi connectivity index (χ1v) is 12.8. The maximum Gasteiger partial charge on any atom is 0.284 e. The SMILES string of the molecule is CCOC1(CC)OCC(=O)[C@@]2(O1)[C@@H](C)C[C@H]1[C@@H]3CCC4=CC(=O)C=C[C@]4(C)C3(F)[C@@H](O)C[C@@]12C. The molecule has 3 saturated carbocycles. The predicted molar refractivity (Wildman–Crippen MR) is 122 cm³/mol. The Morgan fingerprint density at radius 3 is 2.65 bits per heavy atom. The number of halogens is 1. The largest absolute Gasteiger partial charge is 0.390 e. The van der Waals surface area contributed by atoms with Crippen LogP contribution in [0.3, 0.4) is 0 Å². The molecule has 0 aromatic rings. The maximum atomic E-state index is 17.4. The second-order valence-corrected chi connectivity index (χ2v) is 11.4. The Bertz CT molecular complexity index is 976. The molecule has 1 N–H and O–H groups in total. The molecule has 1 spiro atoms. The standard InChI is InChI=1S/C27H37FO6/c1-6-25(32-7-2)33-15-22(31)27(34-25)16(3)12-20-19-9-8-17-13-18(29)10-11-23(17,4)26(19,28)21(30)14-24(20,27)5/h10-11,13,16,19-21,30H,6-9,12,14-15H2,1-5H3/t16-,19-,20-,21-,23-,24-,25?,26?,27-/m0/s1. The molecule has 4 fully saturated rings. The van der Waals surface area contributed by atoms with Crippen LogP contribution in [0.5, 0.6) is 0 Å². The second-order valence-electron chi connectivity index (χ2n) is 11.4. The number of carbonyl (C=O) groups is 2. The molecule has 6 nitrogen and oxygen atoms in total. The third kappa shape index (κ3) is 2.70. The second kappa shape index (κ2) is 7.55. The number of Topliss-reactive ketones (excluding diaryl/α,β-unsaturated/α-hetero) is 1. The van der Waals surface area contributed by atoms with Gasteiger partial charge in [0, 0.05) is 29.8 Å². The van der Waals surface area contributed by atoms with E-state index in [4.69, 9.17) is 14.2 Å². The minimum absolute atomic E-state index is 0.0946. The van der Waals surface area contributed by atoms with E-state index < -0.39 is 40.1 Å². The number of allylic oxidation sites excluding steroid dienone is 4. The summed E-state index contributed by atoms with van der Waals surface area (Å²) >= 11 is 0. The van der Waals surface area contributed by atoms with Crippen molar-refractivity contribution in [3.05, 3.63) is 23.8 Å². The van der Waals surface area contributed by atoms with Gasteiger partial charge in [-0.3, -0.25) is 9.59 Å². The fourth-order valence-electron chi connectivity index (χ4n) is 8.52. The molecule has 34 heavy (non-hydrogen) atoms. The zero-order chi connectivity index (χ0) is 24.7. The highest BCUT2D eigenvalue weighted by molar-refractivity contribution is 6.01. The summed E-state index contributed by atoms with van der Waals surface area (Å²) in [5, 5.41) is 11.6. The van der Waals surface area contributed by atoms with Gasteiger partial charge in [0.2, 0.25) is 0 Å². The molecule has 0 radical (unpaired) electrons. The summed E-state index contributed by atoms with van der Waals surface area (Å²) < 4.78 is 35.7. The van der Waals surface area contributed by atoms with Gasteiger partial charge in [0.1, 0.15) is 12.2 Å². The normalized spacial score (nSPS) is 52.3. The topological polar surface area (TPSA) is 82.1 Å². The van der Waals surface area contributed by atoms with Crippen molar-refractivity contribution >= 4 is 11.6 Å². The highest BCUT2D eigenvalue weighted by atomic mass is 19.1. The summed E-state index contributed by atoms with van der Waals surface area (Å²) in [6, 6.07) is 0. The lowest BCUT2D eigenvalue weighted by Gasteiger charge is -2.63. The van der Waals surface area contributed by atoms with Gasteiger partial charge < -0.3 is 19.3 Å². The van der Waals surface area contributed by atoms with Crippen LogP contribution in [0.25, 0.3) is 0 Å². The van der Waals surface area contributed by atoms with E-state index in [1.54, 1.807) is 19.1 Å². The number of fused-ring (bicyclic) bond motifs is 6. The number of hydrogen-bond donors (Lipinski definition) is 1. The first kappa shape index (κ1) is 24.3. The van der Waals surface area contributed by atoms with Crippen LogP contribution in [0, 0.1) is 28.6 Å². The van der Waals surface area contributed by atoms with Gasteiger partial charge in [-0.1, -0.05) is 32.4 Å². The van der Waals surface area contributed by atoms with Gasteiger partial charge in [0.25, 0.3) is 5.97 Å². The number of hydrogen-bond acceptors (Lipinski definition) is 6. The zero-order valence-corrected chi connectivity index (χ0v) is 20.9. The lowest BCUT2D eigenvalue weighted by molar-refractivity contribution is -0.435. The van der Waals surface area contributed by atoms with Gasteiger partial charge in [0.15, 0.2) is 17.2 Å². The molecule has 1 heterocycles. The minimum atomic E-state index is -1.93. The molecule has 0 bridgehead atoms. The van der Waals surface area contributed by atoms with E-state index in [1.807, 2.05) is 27.7 Å². The van der Waals surface area contributed by atoms with Crippen LogP contribution in [0.2, 0.25) is 0 Å². The van der Waals surface area contributed by atoms with Crippen LogP contribution in [-0.4, -0.2) is 53.2 Å². The number of rotatable bonds is 3. The van der Waals surface area contributed by atoms with E-state index in [0.717, 1.165) is 5.57 Å². The van der Waals surface area contributed by atoms with E-state index in [9.17, 15) is 14.7 Å². The van der Waals surface area contributed by atoms with E-state index in [0.29, 0.717) is 32.3 Å². The molecule has 0 aromatic heterocycles. The number of carbonyl (C=O) groups excluding carboxylic acids is 2. The van der Waals surface area contributed by atoms with Gasteiger partial charge in [0.05, 0.1) is 6.10 Å². The summed E-state index contributed by atoms with van der Waals surface area (Å²) in [5.74, 6) is -2.44. The summed E-state index contributed by atoms with van der Waals surface area (Å²) in [7, 11) is 0. The monoisotopic (exact) mass is 476 g/mol. The van der Waals surface area contributed by atoms with Crippen molar-refractivity contribution in [1.29, 1.82) is 0 Å². The molecule has 2 unspecified atom stereocenters. The average Bonchev–Trinajstić information content (AvgIpc) is 3.00. The fraction of sp³-hybridized carbons (Fsp3) is 0.778. The smallest absolute Gasteiger partial charge is 0.284 e. The van der Waals surface area contributed by atoms with Crippen LogP contribution in [-0.2, 0) is 23.8 Å². The molecular weight excluding hydrogens is 439 g/mol. The predicted octanol–water partition coefficient (Wildman–Crippen LogP) is 4.06. The molecule has 0 aromatic carbocycles. The molecule has 1 saturated heterocycles. The van der Waals surface area contributed by atoms with Gasteiger partial charge in [-0.15, -0.1) is 0 Å². The van der Waals surface area contributed by atoms with Crippen LogP contribution in [0.4, 0.5) is 4.39 Å². The van der Waals surface area contributed by atoms with Crippen LogP contribution < -0.4 is 0 Å². The van der Waals surface area contributed by atoms with Crippen LogP contribution >= 0.6 is 0 Å². The van der Waals surface area contributed by atoms with E-state index in [2.05, 4.69) is 0 Å². The lowest BCUT2D eigenvalue weighted by atomic mass is 9.44. The maximum absolute atomic E-state index is 17.4. The first-order valence-electron chi connectivity index (χ1n) is 12.8. The molecule has 5 aliphatic rings. The Kier molecular flexibility index (Phi) is 5.39. The highest BCUT2D eigenvalue weighted by Gasteiger charge is 2.78. The van der Waals surface area contributed by atoms with Gasteiger partial charge in [-0.2, -0.15) is 0 Å². The van der Waals surface area contributed by atoms with Crippen molar-refractivity contribution < 1.29 is 33.3 Å². The summed E-state index contributed by atoms with van der Waals surface area (Å²) in [6.45, 7) is 9.79. The fourth-order valence-corrected chi connectivity index (χ4v) is 8.52. The minimum Gasteiger partial charge on any atom is -0.390 e. The molecule has 7 heteroatoms. The third-order valence-corrected chi connectivity index (χ3v) is 10.1. The molecule has 4 aliphatic carbocycles. The van der Waals surface area contributed by atoms with E-state index in [1.165, 1.54) is 6.08 Å². The van der Waals surface area contributed by atoms with Gasteiger partial charge in [-0.25, -0.2) is 4.39 Å². The number of ether oxygens (including phenoxy) is 3. The van der Waals surface area contributed by atoms with Crippen molar-refractivity contribution in [2.45, 2.75) is 90.1 Å². The Morgan fingerprint density at radius 1 is 1.24 bits per heavy atom. The van der Waals surface area contributed by atoms with E-state index in [-0.39, 0.29) is 36.4 Å². The van der Waals surface area contributed by atoms with E-state index >= 15 is 4.39 Å². The third-order valence-electron chi connectivity index (χ3n) is 10.1. The van der Waals surface area contributed by atoms with Crippen LogP contribution in [0.1, 0.15) is 66.7 Å². The van der Waals surface area contributed by atoms with Crippen molar-refractivity contribution in [3.8, 4) is 0 Å². The zero-order valence-electron chi connectivity index (χ0n) is 20.9. The summed E-state index contributed by atoms with van der Waals surface area (Å²) in [5.41, 5.74) is -4.24. The van der Waals surface area contributed by atoms with Gasteiger partial charge >= 0.3 is 0 Å². The highest BCUT2D eigenvalue weighted by Crippen LogP contribution is 2.72. The molecular formula is C27H37FO6. The molecule has 1 aliphatic heterocycles. The number of ketones is 2. The Labute approximate surface area is 200 Å². The number of alkyl halides is 1. The van der Waals surface area contributed by atoms with Crippen molar-refractivity contribution in [2.24, 2.45) is 28.6 Å². The van der Waals surface area contributed by atoms with Gasteiger partial charge in [-0.05, 0) is 63.5 Å². The Hall–Kier alpha value is -1.41.